The molecule has 0 heterocycles. The molecule has 0 fully saturated rings. The second-order valence-electron chi connectivity index (χ2n) is 8.29. The Morgan fingerprint density at radius 1 is 0.543 bits per heavy atom. The molecule has 35 heavy (non-hydrogen) atoms. The van der Waals surface area contributed by atoms with Gasteiger partial charge in [0.15, 0.2) is 0 Å². The number of benzene rings is 4. The standard InChI is InChI=1S/C30H25Si.3ClH.Ti/c1-5-14-25(15-6-1)24-26-16-13-23-30(26)31(27-17-7-2-8-18-27,28-19-9-3-10-20-28)29-21-11-4-12-22-29;;;;/h1-15,17-22H,23-24H2;3*1H;/q;;;;+3/p-3. The van der Waals surface area contributed by atoms with E-state index < -0.39 is 8.07 Å². The van der Waals surface area contributed by atoms with E-state index in [9.17, 15) is 0 Å². The van der Waals surface area contributed by atoms with Crippen LogP contribution in [-0.4, -0.2) is 8.07 Å². The van der Waals surface area contributed by atoms with Crippen LogP contribution in [0.2, 0.25) is 0 Å². The summed E-state index contributed by atoms with van der Waals surface area (Å²) in [6.45, 7) is 0. The summed E-state index contributed by atoms with van der Waals surface area (Å²) in [5, 5.41) is 6.01. The van der Waals surface area contributed by atoms with Gasteiger partial charge in [-0.2, -0.15) is 0 Å². The zero-order valence-electron chi connectivity index (χ0n) is 19.2. The molecule has 4 aromatic carbocycles. The van der Waals surface area contributed by atoms with Crippen molar-refractivity contribution in [2.45, 2.75) is 12.8 Å². The van der Waals surface area contributed by atoms with Crippen LogP contribution in [0.15, 0.2) is 142 Å². The first kappa shape index (κ1) is 29.4. The SMILES string of the molecule is [Cl-].[Cl-].[Cl-].[Ti+3][C]1=CCC([Si](c2ccccc2)(c2ccccc2)c2ccccc2)=C1Cc1ccccc1. The van der Waals surface area contributed by atoms with Gasteiger partial charge in [-0.05, 0) is 0 Å². The van der Waals surface area contributed by atoms with Gasteiger partial charge in [-0.25, -0.2) is 0 Å². The first-order chi connectivity index (χ1) is 15.8. The fourth-order valence-corrected chi connectivity index (χ4v) is 11.0. The molecule has 0 N–H and O–H groups in total. The fourth-order valence-electron chi connectivity index (χ4n) is 5.08. The second-order valence-corrected chi connectivity index (χ2v) is 13.0. The summed E-state index contributed by atoms with van der Waals surface area (Å²) in [6, 6.07) is 44.7. The molecule has 0 radical (unpaired) electrons. The first-order valence-electron chi connectivity index (χ1n) is 11.2. The van der Waals surface area contributed by atoms with Gasteiger partial charge in [-0.1, -0.05) is 0 Å². The quantitative estimate of drug-likeness (QED) is 0.165. The Morgan fingerprint density at radius 2 is 0.914 bits per heavy atom. The number of hydrogen-bond acceptors (Lipinski definition) is 0. The van der Waals surface area contributed by atoms with Crippen molar-refractivity contribution in [3.8, 4) is 0 Å². The van der Waals surface area contributed by atoms with E-state index in [0.29, 0.717) is 0 Å². The van der Waals surface area contributed by atoms with Crippen LogP contribution in [0.3, 0.4) is 0 Å². The van der Waals surface area contributed by atoms with Gasteiger partial charge in [0, 0.05) is 0 Å². The minimum absolute atomic E-state index is 0. The van der Waals surface area contributed by atoms with Crippen LogP contribution < -0.4 is 52.8 Å². The summed E-state index contributed by atoms with van der Waals surface area (Å²) in [7, 11) is -2.42. The van der Waals surface area contributed by atoms with Crippen molar-refractivity contribution in [1.29, 1.82) is 0 Å². The van der Waals surface area contributed by atoms with Crippen LogP contribution in [0.5, 0.6) is 0 Å². The molecule has 0 amide bonds. The third-order valence-electron chi connectivity index (χ3n) is 6.50. The Hall–Kier alpha value is -1.84. The molecule has 174 valence electrons. The molecule has 1 aliphatic carbocycles. The molecule has 0 aliphatic heterocycles. The molecule has 5 heteroatoms. The van der Waals surface area contributed by atoms with Gasteiger partial charge >= 0.3 is 205 Å². The van der Waals surface area contributed by atoms with Crippen molar-refractivity contribution in [2.24, 2.45) is 0 Å². The Bertz CT molecular complexity index is 1160. The topological polar surface area (TPSA) is 0 Å². The first-order valence-corrected chi connectivity index (χ1v) is 13.9. The van der Waals surface area contributed by atoms with Crippen molar-refractivity contribution in [2.75, 3.05) is 0 Å². The van der Waals surface area contributed by atoms with Crippen molar-refractivity contribution in [3.05, 3.63) is 148 Å². The monoisotopic (exact) mass is 566 g/mol. The van der Waals surface area contributed by atoms with E-state index in [4.69, 9.17) is 0 Å². The molecule has 0 saturated carbocycles. The molecular weight excluding hydrogens is 543 g/mol. The summed E-state index contributed by atoms with van der Waals surface area (Å²) in [5.74, 6) is 0. The molecule has 0 spiro atoms. The van der Waals surface area contributed by atoms with E-state index in [2.05, 4.69) is 148 Å². The van der Waals surface area contributed by atoms with Crippen molar-refractivity contribution in [3.63, 3.8) is 0 Å². The van der Waals surface area contributed by atoms with E-state index in [0.717, 1.165) is 12.8 Å². The van der Waals surface area contributed by atoms with Gasteiger partial charge in [0.1, 0.15) is 0 Å². The molecule has 0 unspecified atom stereocenters. The van der Waals surface area contributed by atoms with E-state index >= 15 is 0 Å². The predicted octanol–water partition coefficient (Wildman–Crippen LogP) is -3.92. The maximum absolute atomic E-state index is 2.45. The van der Waals surface area contributed by atoms with Gasteiger partial charge in [0.2, 0.25) is 0 Å². The van der Waals surface area contributed by atoms with Crippen LogP contribution in [0.4, 0.5) is 0 Å². The Labute approximate surface area is 240 Å². The predicted molar refractivity (Wildman–Crippen MR) is 134 cm³/mol. The molecule has 0 bridgehead atoms. The molecule has 0 aromatic heterocycles. The summed E-state index contributed by atoms with van der Waals surface area (Å²) in [4.78, 5) is 0. The van der Waals surface area contributed by atoms with Gasteiger partial charge < -0.3 is 37.2 Å². The summed E-state index contributed by atoms with van der Waals surface area (Å²) < 4.78 is 1.43. The second kappa shape index (κ2) is 13.5. The third kappa shape index (κ3) is 5.78. The van der Waals surface area contributed by atoms with E-state index in [1.807, 2.05) is 0 Å². The van der Waals surface area contributed by atoms with Gasteiger partial charge in [0.05, 0.1) is 0 Å². The molecule has 4 aromatic rings. The van der Waals surface area contributed by atoms with E-state index in [-0.39, 0.29) is 37.2 Å². The van der Waals surface area contributed by atoms with Gasteiger partial charge in [-0.3, -0.25) is 0 Å². The van der Waals surface area contributed by atoms with Crippen molar-refractivity contribution in [1.82, 2.24) is 0 Å². The Kier molecular flexibility index (Phi) is 11.3. The average Bonchev–Trinajstić information content (AvgIpc) is 3.22. The normalized spacial score (nSPS) is 12.7. The number of allylic oxidation sites excluding steroid dienone is 4. The Morgan fingerprint density at radius 3 is 1.31 bits per heavy atom. The van der Waals surface area contributed by atoms with Crippen molar-refractivity contribution >= 4 is 23.6 Å². The molecular formula is C30H25Cl3SiTi. The number of halogens is 3. The molecule has 0 nitrogen and oxygen atoms in total. The van der Waals surface area contributed by atoms with Crippen molar-refractivity contribution < 1.29 is 57.7 Å². The van der Waals surface area contributed by atoms with Crippen LogP contribution in [0.1, 0.15) is 12.0 Å². The minimum atomic E-state index is -2.42. The molecule has 1 aliphatic rings. The fraction of sp³-hybridized carbons (Fsp3) is 0.0667. The zero-order chi connectivity index (χ0) is 21.8. The van der Waals surface area contributed by atoms with Gasteiger partial charge in [-0.15, -0.1) is 0 Å². The van der Waals surface area contributed by atoms with Crippen LogP contribution >= 0.6 is 0 Å². The number of hydrogen-bond donors (Lipinski definition) is 0. The molecule has 5 rings (SSSR count). The average molecular weight is 568 g/mol. The zero-order valence-corrected chi connectivity index (χ0v) is 24.0. The van der Waals surface area contributed by atoms with Crippen LogP contribution in [-0.2, 0) is 26.9 Å². The molecule has 0 atom stereocenters. The van der Waals surface area contributed by atoms with E-state index in [1.165, 1.54) is 30.6 Å². The molecule has 0 saturated heterocycles. The third-order valence-corrected chi connectivity index (χ3v) is 12.3. The summed E-state index contributed by atoms with van der Waals surface area (Å²) in [5.41, 5.74) is 2.91. The van der Waals surface area contributed by atoms with Crippen LogP contribution in [0, 0.1) is 0 Å². The van der Waals surface area contributed by atoms with Gasteiger partial charge in [0.25, 0.3) is 0 Å². The van der Waals surface area contributed by atoms with Crippen LogP contribution in [0.25, 0.3) is 0 Å². The Balaban J connectivity index is 0.00000144. The maximum atomic E-state index is 2.45. The number of rotatable bonds is 6. The summed E-state index contributed by atoms with van der Waals surface area (Å²) >= 11 is 2.30. The van der Waals surface area contributed by atoms with E-state index in [1.54, 1.807) is 5.20 Å². The summed E-state index contributed by atoms with van der Waals surface area (Å²) in [6.07, 6.45) is 4.46.